The minimum absolute atomic E-state index is 0.0255. The van der Waals surface area contributed by atoms with E-state index in [1.165, 1.54) is 4.88 Å². The number of nitrogens with one attached hydrogen (secondary N) is 2. The van der Waals surface area contributed by atoms with Crippen LogP contribution in [0.4, 0.5) is 0 Å². The summed E-state index contributed by atoms with van der Waals surface area (Å²) in [6, 6.07) is 7.97. The SMILES string of the molecule is Cc1nc(CCNC(=O)c2ccccc2[C@H]2CCNC2)sc1C. The topological polar surface area (TPSA) is 54.0 Å². The minimum Gasteiger partial charge on any atom is -0.352 e. The molecule has 1 atom stereocenters. The standard InChI is InChI=1S/C18H23N3OS/c1-12-13(2)23-17(21-12)8-10-20-18(22)16-6-4-3-5-15(16)14-7-9-19-11-14/h3-6,14,19H,7-11H2,1-2H3,(H,20,22)/t14-/m0/s1. The van der Waals surface area contributed by atoms with Gasteiger partial charge in [0.2, 0.25) is 0 Å². The summed E-state index contributed by atoms with van der Waals surface area (Å²) in [6.45, 7) is 6.73. The molecular formula is C18H23N3OS. The maximum atomic E-state index is 12.5. The van der Waals surface area contributed by atoms with Crippen LogP contribution >= 0.6 is 11.3 Å². The molecule has 1 aromatic heterocycles. The second-order valence-corrected chi connectivity index (χ2v) is 7.32. The summed E-state index contributed by atoms with van der Waals surface area (Å²) in [4.78, 5) is 18.3. The first-order valence-electron chi connectivity index (χ1n) is 8.16. The van der Waals surface area contributed by atoms with Gasteiger partial charge in [0.05, 0.1) is 10.7 Å². The van der Waals surface area contributed by atoms with Crippen LogP contribution in [-0.4, -0.2) is 30.5 Å². The predicted molar refractivity (Wildman–Crippen MR) is 94.3 cm³/mol. The van der Waals surface area contributed by atoms with Gasteiger partial charge < -0.3 is 10.6 Å². The molecule has 2 N–H and O–H groups in total. The molecule has 2 aromatic rings. The largest absolute Gasteiger partial charge is 0.352 e. The number of hydrogen-bond donors (Lipinski definition) is 2. The van der Waals surface area contributed by atoms with Crippen molar-refractivity contribution >= 4 is 17.2 Å². The zero-order chi connectivity index (χ0) is 16.2. The van der Waals surface area contributed by atoms with Crippen molar-refractivity contribution < 1.29 is 4.79 Å². The maximum Gasteiger partial charge on any atom is 0.251 e. The van der Waals surface area contributed by atoms with Gasteiger partial charge in [-0.1, -0.05) is 18.2 Å². The maximum absolute atomic E-state index is 12.5. The Morgan fingerprint density at radius 2 is 2.22 bits per heavy atom. The molecule has 1 amide bonds. The quantitative estimate of drug-likeness (QED) is 0.887. The van der Waals surface area contributed by atoms with E-state index in [-0.39, 0.29) is 5.91 Å². The molecule has 122 valence electrons. The molecule has 1 aromatic carbocycles. The number of hydrogen-bond acceptors (Lipinski definition) is 4. The third-order valence-corrected chi connectivity index (χ3v) is 5.54. The fourth-order valence-electron chi connectivity index (χ4n) is 3.00. The number of aryl methyl sites for hydroxylation is 2. The summed E-state index contributed by atoms with van der Waals surface area (Å²) < 4.78 is 0. The van der Waals surface area contributed by atoms with E-state index in [0.717, 1.165) is 47.8 Å². The van der Waals surface area contributed by atoms with Crippen molar-refractivity contribution in [3.63, 3.8) is 0 Å². The van der Waals surface area contributed by atoms with Crippen LogP contribution in [0.15, 0.2) is 24.3 Å². The number of thiazole rings is 1. The van der Waals surface area contributed by atoms with E-state index in [2.05, 4.69) is 28.6 Å². The van der Waals surface area contributed by atoms with Gasteiger partial charge in [0.1, 0.15) is 0 Å². The molecule has 4 nitrogen and oxygen atoms in total. The second kappa shape index (κ2) is 7.23. The lowest BCUT2D eigenvalue weighted by atomic mass is 9.93. The summed E-state index contributed by atoms with van der Waals surface area (Å²) in [7, 11) is 0. The lowest BCUT2D eigenvalue weighted by molar-refractivity contribution is 0.0953. The Balaban J connectivity index is 1.62. The third-order valence-electron chi connectivity index (χ3n) is 4.40. The molecule has 5 heteroatoms. The summed E-state index contributed by atoms with van der Waals surface area (Å²) in [6.07, 6.45) is 1.89. The van der Waals surface area contributed by atoms with Crippen LogP contribution in [0.5, 0.6) is 0 Å². The van der Waals surface area contributed by atoms with Gasteiger partial charge in [0.25, 0.3) is 5.91 Å². The number of amides is 1. The first-order chi connectivity index (χ1) is 11.1. The molecule has 2 heterocycles. The molecule has 0 bridgehead atoms. The fourth-order valence-corrected chi connectivity index (χ4v) is 3.94. The van der Waals surface area contributed by atoms with Crippen LogP contribution in [-0.2, 0) is 6.42 Å². The molecule has 0 spiro atoms. The highest BCUT2D eigenvalue weighted by atomic mass is 32.1. The second-order valence-electron chi connectivity index (χ2n) is 6.03. The number of carbonyl (C=O) groups is 1. The monoisotopic (exact) mass is 329 g/mol. The highest BCUT2D eigenvalue weighted by Gasteiger charge is 2.21. The molecule has 1 aliphatic heterocycles. The molecule has 0 aliphatic carbocycles. The van der Waals surface area contributed by atoms with Gasteiger partial charge in [-0.15, -0.1) is 11.3 Å². The molecule has 0 saturated carbocycles. The summed E-state index contributed by atoms with van der Waals surface area (Å²) in [5, 5.41) is 7.51. The van der Waals surface area contributed by atoms with Crippen LogP contribution in [0.2, 0.25) is 0 Å². The van der Waals surface area contributed by atoms with Gasteiger partial charge in [-0.3, -0.25) is 4.79 Å². The summed E-state index contributed by atoms with van der Waals surface area (Å²) >= 11 is 1.71. The van der Waals surface area contributed by atoms with E-state index in [1.54, 1.807) is 11.3 Å². The van der Waals surface area contributed by atoms with Gasteiger partial charge in [0.15, 0.2) is 0 Å². The van der Waals surface area contributed by atoms with Crippen LogP contribution in [0.25, 0.3) is 0 Å². The molecule has 3 rings (SSSR count). The molecule has 1 fully saturated rings. The Morgan fingerprint density at radius 1 is 1.39 bits per heavy atom. The molecule has 1 aliphatic rings. The fraction of sp³-hybridized carbons (Fsp3) is 0.444. The van der Waals surface area contributed by atoms with Crippen molar-refractivity contribution in [1.29, 1.82) is 0 Å². The van der Waals surface area contributed by atoms with Crippen molar-refractivity contribution in [1.82, 2.24) is 15.6 Å². The van der Waals surface area contributed by atoms with E-state index in [4.69, 9.17) is 0 Å². The number of carbonyl (C=O) groups excluding carboxylic acids is 1. The van der Waals surface area contributed by atoms with Crippen LogP contribution in [0.3, 0.4) is 0 Å². The van der Waals surface area contributed by atoms with E-state index < -0.39 is 0 Å². The molecule has 0 radical (unpaired) electrons. The minimum atomic E-state index is 0.0255. The Morgan fingerprint density at radius 3 is 2.91 bits per heavy atom. The lowest BCUT2D eigenvalue weighted by Gasteiger charge is -2.14. The van der Waals surface area contributed by atoms with Crippen LogP contribution in [0.1, 0.15) is 43.8 Å². The first-order valence-corrected chi connectivity index (χ1v) is 8.97. The summed E-state index contributed by atoms with van der Waals surface area (Å²) in [5.74, 6) is 0.471. The van der Waals surface area contributed by atoms with Crippen molar-refractivity contribution in [3.8, 4) is 0 Å². The average molecular weight is 329 g/mol. The van der Waals surface area contributed by atoms with Crippen molar-refractivity contribution in [2.45, 2.75) is 32.6 Å². The van der Waals surface area contributed by atoms with E-state index in [1.807, 2.05) is 25.1 Å². The van der Waals surface area contributed by atoms with Crippen LogP contribution < -0.4 is 10.6 Å². The van der Waals surface area contributed by atoms with Crippen LogP contribution in [0, 0.1) is 13.8 Å². The molecule has 23 heavy (non-hydrogen) atoms. The normalized spacial score (nSPS) is 17.4. The molecule has 0 unspecified atom stereocenters. The predicted octanol–water partition coefficient (Wildman–Crippen LogP) is 2.81. The van der Waals surface area contributed by atoms with E-state index >= 15 is 0 Å². The number of nitrogens with zero attached hydrogens (tertiary/aromatic N) is 1. The van der Waals surface area contributed by atoms with E-state index in [0.29, 0.717) is 12.5 Å². The van der Waals surface area contributed by atoms with Gasteiger partial charge in [0, 0.05) is 30.0 Å². The van der Waals surface area contributed by atoms with Gasteiger partial charge in [-0.2, -0.15) is 0 Å². The van der Waals surface area contributed by atoms with Gasteiger partial charge in [-0.25, -0.2) is 4.98 Å². The highest BCUT2D eigenvalue weighted by Crippen LogP contribution is 2.25. The van der Waals surface area contributed by atoms with Gasteiger partial charge in [-0.05, 0) is 44.4 Å². The zero-order valence-corrected chi connectivity index (χ0v) is 14.5. The van der Waals surface area contributed by atoms with Crippen molar-refractivity contribution in [3.05, 3.63) is 51.0 Å². The Labute approximate surface area is 141 Å². The third kappa shape index (κ3) is 3.79. The Bertz CT molecular complexity index is 670. The lowest BCUT2D eigenvalue weighted by Crippen LogP contribution is -2.27. The van der Waals surface area contributed by atoms with Crippen molar-refractivity contribution in [2.75, 3.05) is 19.6 Å². The smallest absolute Gasteiger partial charge is 0.251 e. The Kier molecular flexibility index (Phi) is 5.08. The zero-order valence-electron chi connectivity index (χ0n) is 13.7. The molecular weight excluding hydrogens is 306 g/mol. The van der Waals surface area contributed by atoms with E-state index in [9.17, 15) is 4.79 Å². The van der Waals surface area contributed by atoms with Crippen molar-refractivity contribution in [2.24, 2.45) is 0 Å². The number of rotatable bonds is 5. The molecule has 1 saturated heterocycles. The number of aromatic nitrogens is 1. The summed E-state index contributed by atoms with van der Waals surface area (Å²) in [5.41, 5.74) is 3.07. The van der Waals surface area contributed by atoms with Gasteiger partial charge >= 0.3 is 0 Å². The first kappa shape index (κ1) is 16.1. The Hall–Kier alpha value is -1.72. The average Bonchev–Trinajstić information content (AvgIpc) is 3.18. The highest BCUT2D eigenvalue weighted by molar-refractivity contribution is 7.11. The number of benzene rings is 1.